The lowest BCUT2D eigenvalue weighted by Gasteiger charge is -2.37. The number of piperidine rings is 1. The van der Waals surface area contributed by atoms with Gasteiger partial charge in [-0.05, 0) is 31.4 Å². The molecule has 7 heteroatoms. The van der Waals surface area contributed by atoms with Crippen LogP contribution in [0.3, 0.4) is 0 Å². The van der Waals surface area contributed by atoms with E-state index in [1.165, 1.54) is 6.92 Å². The Hall–Kier alpha value is -2.44. The molecule has 1 aromatic heterocycles. The molecule has 3 heterocycles. The van der Waals surface area contributed by atoms with E-state index in [1.807, 2.05) is 12.1 Å². The Morgan fingerprint density at radius 2 is 1.96 bits per heavy atom. The Morgan fingerprint density at radius 1 is 1.23 bits per heavy atom. The van der Waals surface area contributed by atoms with Crippen molar-refractivity contribution < 1.29 is 19.1 Å². The van der Waals surface area contributed by atoms with Crippen molar-refractivity contribution in [3.63, 3.8) is 0 Å². The first-order chi connectivity index (χ1) is 12.5. The smallest absolute Gasteiger partial charge is 0.309 e. The van der Waals surface area contributed by atoms with Gasteiger partial charge in [-0.25, -0.2) is 0 Å². The summed E-state index contributed by atoms with van der Waals surface area (Å²) in [5, 5.41) is 0. The van der Waals surface area contributed by atoms with E-state index in [4.69, 9.17) is 4.74 Å². The highest BCUT2D eigenvalue weighted by atomic mass is 16.5. The van der Waals surface area contributed by atoms with E-state index in [0.29, 0.717) is 45.6 Å². The molecule has 1 saturated heterocycles. The fourth-order valence-corrected chi connectivity index (χ4v) is 3.73. The second-order valence-electron chi connectivity index (χ2n) is 6.85. The van der Waals surface area contributed by atoms with Gasteiger partial charge in [0.2, 0.25) is 11.8 Å². The van der Waals surface area contributed by atoms with Crippen molar-refractivity contribution in [3.8, 4) is 0 Å². The van der Waals surface area contributed by atoms with Crippen molar-refractivity contribution in [1.82, 2.24) is 14.8 Å². The number of rotatable bonds is 3. The zero-order valence-corrected chi connectivity index (χ0v) is 15.3. The third-order valence-electron chi connectivity index (χ3n) is 5.19. The van der Waals surface area contributed by atoms with Crippen LogP contribution in [0, 0.1) is 5.92 Å². The maximum atomic E-state index is 13.1. The van der Waals surface area contributed by atoms with Crippen molar-refractivity contribution in [2.45, 2.75) is 39.2 Å². The molecule has 7 nitrogen and oxygen atoms in total. The molecule has 2 aliphatic rings. The molecule has 0 saturated carbocycles. The van der Waals surface area contributed by atoms with E-state index >= 15 is 0 Å². The van der Waals surface area contributed by atoms with Gasteiger partial charge in [0.25, 0.3) is 0 Å². The van der Waals surface area contributed by atoms with Crippen molar-refractivity contribution in [1.29, 1.82) is 0 Å². The number of hydrogen-bond acceptors (Lipinski definition) is 5. The molecule has 0 aromatic carbocycles. The summed E-state index contributed by atoms with van der Waals surface area (Å²) in [7, 11) is 0. The summed E-state index contributed by atoms with van der Waals surface area (Å²) in [5.74, 6) is -0.809. The second kappa shape index (κ2) is 7.85. The number of esters is 1. The van der Waals surface area contributed by atoms with Crippen molar-refractivity contribution in [3.05, 3.63) is 29.6 Å². The van der Waals surface area contributed by atoms with Gasteiger partial charge in [-0.2, -0.15) is 0 Å². The summed E-state index contributed by atoms with van der Waals surface area (Å²) in [4.78, 5) is 44.8. The minimum Gasteiger partial charge on any atom is -0.466 e. The fourth-order valence-electron chi connectivity index (χ4n) is 3.73. The van der Waals surface area contributed by atoms with Crippen LogP contribution >= 0.6 is 0 Å². The molecule has 1 unspecified atom stereocenters. The van der Waals surface area contributed by atoms with Crippen LogP contribution in [0.25, 0.3) is 0 Å². The molecule has 0 spiro atoms. The second-order valence-corrected chi connectivity index (χ2v) is 6.85. The van der Waals surface area contributed by atoms with E-state index in [1.54, 1.807) is 22.9 Å². The van der Waals surface area contributed by atoms with Gasteiger partial charge < -0.3 is 14.5 Å². The van der Waals surface area contributed by atoms with Crippen molar-refractivity contribution in [2.24, 2.45) is 5.92 Å². The molecule has 26 heavy (non-hydrogen) atoms. The van der Waals surface area contributed by atoms with Gasteiger partial charge in [0.05, 0.1) is 24.1 Å². The summed E-state index contributed by atoms with van der Waals surface area (Å²) >= 11 is 0. The zero-order valence-electron chi connectivity index (χ0n) is 15.3. The maximum Gasteiger partial charge on any atom is 0.309 e. The third kappa shape index (κ3) is 3.71. The number of likely N-dealkylation sites (tertiary alicyclic amines) is 1. The summed E-state index contributed by atoms with van der Waals surface area (Å²) < 4.78 is 5.08. The lowest BCUT2D eigenvalue weighted by molar-refractivity contribution is -0.151. The molecular formula is C19H25N3O4. The Kier molecular flexibility index (Phi) is 5.54. The minimum absolute atomic E-state index is 0.0155. The Morgan fingerprint density at radius 3 is 2.62 bits per heavy atom. The molecule has 1 fully saturated rings. The number of aromatic nitrogens is 1. The van der Waals surface area contributed by atoms with Gasteiger partial charge in [0.1, 0.15) is 0 Å². The minimum atomic E-state index is -0.442. The van der Waals surface area contributed by atoms with Gasteiger partial charge in [-0.3, -0.25) is 19.4 Å². The Bertz CT molecular complexity index is 698. The van der Waals surface area contributed by atoms with E-state index in [2.05, 4.69) is 4.98 Å². The number of ether oxygens (including phenoxy) is 1. The average molecular weight is 359 g/mol. The van der Waals surface area contributed by atoms with Crippen LogP contribution in [0.5, 0.6) is 0 Å². The highest BCUT2D eigenvalue weighted by Crippen LogP contribution is 2.30. The normalized spacial score (nSPS) is 20.5. The summed E-state index contributed by atoms with van der Waals surface area (Å²) in [5.41, 5.74) is 1.69. The Balaban J connectivity index is 1.71. The van der Waals surface area contributed by atoms with Crippen LogP contribution in [0.1, 0.15) is 43.9 Å². The first kappa shape index (κ1) is 18.4. The molecular weight excluding hydrogens is 334 g/mol. The van der Waals surface area contributed by atoms with E-state index in [0.717, 1.165) is 11.3 Å². The first-order valence-electron chi connectivity index (χ1n) is 9.16. The zero-order chi connectivity index (χ0) is 18.7. The largest absolute Gasteiger partial charge is 0.466 e. The molecule has 140 valence electrons. The van der Waals surface area contributed by atoms with Crippen LogP contribution in [0.2, 0.25) is 0 Å². The number of pyridine rings is 1. The van der Waals surface area contributed by atoms with Gasteiger partial charge in [-0.15, -0.1) is 0 Å². The number of fused-ring (bicyclic) bond motifs is 1. The monoisotopic (exact) mass is 359 g/mol. The van der Waals surface area contributed by atoms with Crippen LogP contribution in [0.4, 0.5) is 0 Å². The lowest BCUT2D eigenvalue weighted by atomic mass is 9.91. The van der Waals surface area contributed by atoms with Gasteiger partial charge in [-0.1, -0.05) is 6.07 Å². The van der Waals surface area contributed by atoms with Crippen molar-refractivity contribution in [2.75, 3.05) is 26.2 Å². The van der Waals surface area contributed by atoms with Crippen LogP contribution in [-0.2, 0) is 25.7 Å². The number of carbonyl (C=O) groups is 3. The van der Waals surface area contributed by atoms with Gasteiger partial charge >= 0.3 is 5.97 Å². The predicted molar refractivity (Wildman–Crippen MR) is 94.0 cm³/mol. The number of carbonyl (C=O) groups excluding carboxylic acids is 3. The molecule has 0 radical (unpaired) electrons. The van der Waals surface area contributed by atoms with Crippen LogP contribution in [0.15, 0.2) is 18.3 Å². The molecule has 3 rings (SSSR count). The fraction of sp³-hybridized carbons (Fsp3) is 0.579. The summed E-state index contributed by atoms with van der Waals surface area (Å²) in [6.07, 6.45) is 2.92. The topological polar surface area (TPSA) is 79.8 Å². The van der Waals surface area contributed by atoms with E-state index in [-0.39, 0.29) is 23.7 Å². The number of nitrogens with zero attached hydrogens (tertiary/aromatic N) is 3. The molecule has 1 atom stereocenters. The van der Waals surface area contributed by atoms with Crippen LogP contribution < -0.4 is 0 Å². The van der Waals surface area contributed by atoms with E-state index in [9.17, 15) is 14.4 Å². The van der Waals surface area contributed by atoms with Crippen molar-refractivity contribution >= 4 is 17.8 Å². The highest BCUT2D eigenvalue weighted by Gasteiger charge is 2.37. The molecule has 2 aliphatic heterocycles. The molecule has 2 amide bonds. The predicted octanol–water partition coefficient (Wildman–Crippen LogP) is 1.33. The quantitative estimate of drug-likeness (QED) is 0.761. The lowest BCUT2D eigenvalue weighted by Crippen LogP contribution is -2.47. The molecule has 0 aliphatic carbocycles. The van der Waals surface area contributed by atoms with E-state index < -0.39 is 5.92 Å². The molecule has 0 N–H and O–H groups in total. The number of amides is 2. The number of hydrogen-bond donors (Lipinski definition) is 0. The maximum absolute atomic E-state index is 13.1. The van der Waals surface area contributed by atoms with Crippen LogP contribution in [-0.4, -0.2) is 58.8 Å². The summed E-state index contributed by atoms with van der Waals surface area (Å²) in [6.45, 7) is 5.60. The first-order valence-corrected chi connectivity index (χ1v) is 9.16. The third-order valence-corrected chi connectivity index (χ3v) is 5.19. The SMILES string of the molecule is CCOC(=O)C1CCN(C(=O)C2CN(C(C)=O)Cc3cccnc32)CC1. The highest BCUT2D eigenvalue weighted by molar-refractivity contribution is 5.86. The molecule has 0 bridgehead atoms. The standard InChI is InChI=1S/C19H25N3O4/c1-3-26-19(25)14-6-9-21(10-7-14)18(24)16-12-22(13(2)23)11-15-5-4-8-20-17(15)16/h4-5,8,14,16H,3,6-7,9-12H2,1-2H3. The van der Waals surface area contributed by atoms with Gasteiger partial charge in [0, 0.05) is 39.3 Å². The van der Waals surface area contributed by atoms with Gasteiger partial charge in [0.15, 0.2) is 0 Å². The summed E-state index contributed by atoms with van der Waals surface area (Å²) in [6, 6.07) is 3.75. The Labute approximate surface area is 153 Å². The molecule has 1 aromatic rings. The average Bonchev–Trinajstić information content (AvgIpc) is 2.66.